The van der Waals surface area contributed by atoms with E-state index in [4.69, 9.17) is 5.11 Å². The van der Waals surface area contributed by atoms with Crippen molar-refractivity contribution in [3.05, 3.63) is 29.6 Å². The lowest BCUT2D eigenvalue weighted by Gasteiger charge is -2.14. The molecule has 0 fully saturated rings. The average molecular weight is 270 g/mol. The molecule has 0 saturated heterocycles. The predicted octanol–water partition coefficient (Wildman–Crippen LogP) is 1.36. The fourth-order valence-electron chi connectivity index (χ4n) is 1.34. The highest BCUT2D eigenvalue weighted by molar-refractivity contribution is 5.92. The molecule has 0 radical (unpaired) electrons. The van der Waals surface area contributed by atoms with Crippen molar-refractivity contribution in [1.82, 2.24) is 5.32 Å². The number of ether oxygens (including phenoxy) is 1. The summed E-state index contributed by atoms with van der Waals surface area (Å²) in [4.78, 5) is 22.3. The molecule has 1 aromatic carbocycles. The van der Waals surface area contributed by atoms with Crippen LogP contribution in [0.15, 0.2) is 18.2 Å². The summed E-state index contributed by atoms with van der Waals surface area (Å²) in [5.41, 5.74) is 0.691. The van der Waals surface area contributed by atoms with Crippen molar-refractivity contribution >= 4 is 17.7 Å². The summed E-state index contributed by atoms with van der Waals surface area (Å²) >= 11 is 0. The highest BCUT2D eigenvalue weighted by Gasteiger charge is 2.19. The lowest BCUT2D eigenvalue weighted by Crippen LogP contribution is -2.45. The van der Waals surface area contributed by atoms with E-state index in [0.717, 1.165) is 6.07 Å². The molecule has 1 unspecified atom stereocenters. The quantitative estimate of drug-likeness (QED) is 0.753. The number of hydrogen-bond donors (Lipinski definition) is 3. The van der Waals surface area contributed by atoms with Crippen molar-refractivity contribution in [2.24, 2.45) is 0 Å². The van der Waals surface area contributed by atoms with Crippen LogP contribution in [0.25, 0.3) is 0 Å². The van der Waals surface area contributed by atoms with Gasteiger partial charge in [0.1, 0.15) is 5.82 Å². The number of carboxylic acids is 1. The third-order valence-electron chi connectivity index (χ3n) is 2.37. The largest absolute Gasteiger partial charge is 0.480 e. The fraction of sp³-hybridized carbons (Fsp3) is 0.333. The van der Waals surface area contributed by atoms with Gasteiger partial charge in [0, 0.05) is 12.8 Å². The van der Waals surface area contributed by atoms with Crippen molar-refractivity contribution < 1.29 is 23.8 Å². The minimum atomic E-state index is -1.22. The van der Waals surface area contributed by atoms with Crippen molar-refractivity contribution in [3.8, 4) is 0 Å². The molecule has 0 aliphatic heterocycles. The number of halogens is 1. The van der Waals surface area contributed by atoms with Crippen LogP contribution >= 0.6 is 0 Å². The predicted molar refractivity (Wildman–Crippen MR) is 66.6 cm³/mol. The van der Waals surface area contributed by atoms with Crippen molar-refractivity contribution in [2.75, 3.05) is 19.0 Å². The molecule has 7 heteroatoms. The second-order valence-electron chi connectivity index (χ2n) is 3.91. The number of methoxy groups -OCH3 is 1. The lowest BCUT2D eigenvalue weighted by atomic mass is 10.2. The number of carbonyl (C=O) groups is 2. The molecule has 0 aliphatic carbocycles. The molecule has 0 aliphatic rings. The molecule has 1 aromatic rings. The Morgan fingerprint density at radius 3 is 2.68 bits per heavy atom. The molecular formula is C12H15FN2O4. The Kier molecular flexibility index (Phi) is 5.25. The number of aryl methyl sites for hydroxylation is 1. The highest BCUT2D eigenvalue weighted by Crippen LogP contribution is 2.13. The van der Waals surface area contributed by atoms with E-state index in [1.54, 1.807) is 6.92 Å². The summed E-state index contributed by atoms with van der Waals surface area (Å²) in [6.45, 7) is 1.43. The van der Waals surface area contributed by atoms with E-state index in [9.17, 15) is 14.0 Å². The molecule has 0 aromatic heterocycles. The molecule has 0 bridgehead atoms. The van der Waals surface area contributed by atoms with Crippen LogP contribution in [-0.2, 0) is 9.53 Å². The van der Waals surface area contributed by atoms with Crippen LogP contribution in [0.1, 0.15) is 5.56 Å². The van der Waals surface area contributed by atoms with E-state index < -0.39 is 23.9 Å². The van der Waals surface area contributed by atoms with Gasteiger partial charge in [-0.25, -0.2) is 14.0 Å². The zero-order chi connectivity index (χ0) is 14.4. The number of carbonyl (C=O) groups excluding carboxylic acids is 1. The lowest BCUT2D eigenvalue weighted by molar-refractivity contribution is -0.140. The highest BCUT2D eigenvalue weighted by atomic mass is 19.1. The smallest absolute Gasteiger partial charge is 0.328 e. The van der Waals surface area contributed by atoms with Gasteiger partial charge in [0.05, 0.1) is 6.61 Å². The van der Waals surface area contributed by atoms with E-state index in [1.165, 1.54) is 19.2 Å². The van der Waals surface area contributed by atoms with Gasteiger partial charge in [-0.3, -0.25) is 0 Å². The number of benzene rings is 1. The third kappa shape index (κ3) is 4.55. The number of amides is 2. The van der Waals surface area contributed by atoms with Gasteiger partial charge in [0.15, 0.2) is 6.04 Å². The first kappa shape index (κ1) is 14.9. The number of carboxylic acid groups (broad SMARTS) is 1. The van der Waals surface area contributed by atoms with Crippen LogP contribution in [0.5, 0.6) is 0 Å². The van der Waals surface area contributed by atoms with Crippen molar-refractivity contribution in [3.63, 3.8) is 0 Å². The molecule has 1 atom stereocenters. The molecular weight excluding hydrogens is 255 g/mol. The Labute approximate surface area is 109 Å². The maximum atomic E-state index is 13.3. The average Bonchev–Trinajstić information content (AvgIpc) is 2.33. The number of urea groups is 1. The Morgan fingerprint density at radius 2 is 2.16 bits per heavy atom. The first-order valence-corrected chi connectivity index (χ1v) is 5.49. The summed E-state index contributed by atoms with van der Waals surface area (Å²) < 4.78 is 17.9. The van der Waals surface area contributed by atoms with Gasteiger partial charge >= 0.3 is 12.0 Å². The summed E-state index contributed by atoms with van der Waals surface area (Å²) in [6, 6.07) is 2.27. The summed E-state index contributed by atoms with van der Waals surface area (Å²) in [5, 5.41) is 13.4. The van der Waals surface area contributed by atoms with E-state index in [2.05, 4.69) is 15.4 Å². The van der Waals surface area contributed by atoms with Gasteiger partial charge < -0.3 is 20.5 Å². The topological polar surface area (TPSA) is 87.7 Å². The van der Waals surface area contributed by atoms with Crippen molar-refractivity contribution in [1.29, 1.82) is 0 Å². The molecule has 0 heterocycles. The molecule has 2 amide bonds. The Morgan fingerprint density at radius 1 is 1.47 bits per heavy atom. The molecule has 0 spiro atoms. The second kappa shape index (κ2) is 6.69. The first-order valence-electron chi connectivity index (χ1n) is 5.49. The fourth-order valence-corrected chi connectivity index (χ4v) is 1.34. The summed E-state index contributed by atoms with van der Waals surface area (Å²) in [7, 11) is 1.32. The molecule has 19 heavy (non-hydrogen) atoms. The van der Waals surface area contributed by atoms with Gasteiger partial charge in [-0.05, 0) is 24.6 Å². The summed E-state index contributed by atoms with van der Waals surface area (Å²) in [5.74, 6) is -1.67. The van der Waals surface area contributed by atoms with Crippen LogP contribution in [-0.4, -0.2) is 36.9 Å². The first-order chi connectivity index (χ1) is 8.93. The maximum Gasteiger partial charge on any atom is 0.328 e. The van der Waals surface area contributed by atoms with Crippen molar-refractivity contribution in [2.45, 2.75) is 13.0 Å². The number of rotatable bonds is 5. The molecule has 1 rings (SSSR count). The summed E-state index contributed by atoms with van der Waals surface area (Å²) in [6.07, 6.45) is 0. The number of nitrogens with one attached hydrogen (secondary N) is 2. The third-order valence-corrected chi connectivity index (χ3v) is 2.37. The maximum absolute atomic E-state index is 13.3. The monoisotopic (exact) mass is 270 g/mol. The van der Waals surface area contributed by atoms with Crippen LogP contribution in [0.4, 0.5) is 14.9 Å². The van der Waals surface area contributed by atoms with Crippen LogP contribution in [0, 0.1) is 12.7 Å². The standard InChI is InChI=1S/C12H15FN2O4/c1-7-3-4-8(5-9(7)13)14-12(18)15-10(6-19-2)11(16)17/h3-5,10H,6H2,1-2H3,(H,16,17)(H2,14,15,18). The Bertz CT molecular complexity index is 479. The van der Waals surface area contributed by atoms with Crippen LogP contribution in [0.3, 0.4) is 0 Å². The van der Waals surface area contributed by atoms with Gasteiger partial charge in [0.2, 0.25) is 0 Å². The van der Waals surface area contributed by atoms with E-state index >= 15 is 0 Å². The van der Waals surface area contributed by atoms with Crippen LogP contribution in [0.2, 0.25) is 0 Å². The number of aliphatic carboxylic acids is 1. The van der Waals surface area contributed by atoms with E-state index in [-0.39, 0.29) is 12.3 Å². The van der Waals surface area contributed by atoms with Gasteiger partial charge in [0.25, 0.3) is 0 Å². The van der Waals surface area contributed by atoms with Gasteiger partial charge in [-0.1, -0.05) is 6.07 Å². The van der Waals surface area contributed by atoms with Crippen LogP contribution < -0.4 is 10.6 Å². The van der Waals surface area contributed by atoms with E-state index in [1.807, 2.05) is 0 Å². The molecule has 3 N–H and O–H groups in total. The molecule has 0 saturated carbocycles. The zero-order valence-corrected chi connectivity index (χ0v) is 10.6. The Hall–Kier alpha value is -2.15. The number of hydrogen-bond acceptors (Lipinski definition) is 3. The molecule has 104 valence electrons. The van der Waals surface area contributed by atoms with Gasteiger partial charge in [-0.15, -0.1) is 0 Å². The normalized spacial score (nSPS) is 11.7. The van der Waals surface area contributed by atoms with E-state index in [0.29, 0.717) is 5.56 Å². The molecule has 6 nitrogen and oxygen atoms in total. The second-order valence-corrected chi connectivity index (χ2v) is 3.91. The number of anilines is 1. The minimum Gasteiger partial charge on any atom is -0.480 e. The van der Waals surface area contributed by atoms with Gasteiger partial charge in [-0.2, -0.15) is 0 Å². The SMILES string of the molecule is COCC(NC(=O)Nc1ccc(C)c(F)c1)C(=O)O. The Balaban J connectivity index is 2.63. The minimum absolute atomic E-state index is 0.162. The zero-order valence-electron chi connectivity index (χ0n) is 10.6.